The van der Waals surface area contributed by atoms with Gasteiger partial charge in [-0.1, -0.05) is 49.6 Å². The van der Waals surface area contributed by atoms with Crippen molar-refractivity contribution in [2.24, 2.45) is 10.1 Å². The average Bonchev–Trinajstić information content (AvgIpc) is 3.32. The molecule has 4 aromatic rings. The molecule has 1 N–H and O–H groups in total. The van der Waals surface area contributed by atoms with E-state index in [-0.39, 0.29) is 0 Å². The summed E-state index contributed by atoms with van der Waals surface area (Å²) < 4.78 is 12.5. The number of nitrogens with zero attached hydrogens (tertiary/aromatic N) is 3. The molecule has 0 aliphatic rings. The predicted octanol–water partition coefficient (Wildman–Crippen LogP) is 6.88. The maximum absolute atomic E-state index is 5.88. The Bertz CT molecular complexity index is 1280. The molecule has 3 aromatic carbocycles. The van der Waals surface area contributed by atoms with Crippen molar-refractivity contribution in [2.75, 3.05) is 13.7 Å². The van der Waals surface area contributed by atoms with Crippen LogP contribution in [0.2, 0.25) is 0 Å². The molecule has 0 radical (unpaired) electrons. The van der Waals surface area contributed by atoms with Gasteiger partial charge in [-0.15, -0.1) is 11.3 Å². The van der Waals surface area contributed by atoms with E-state index in [1.165, 1.54) is 5.56 Å². The molecule has 180 valence electrons. The number of benzene rings is 3. The summed E-state index contributed by atoms with van der Waals surface area (Å²) in [5, 5.41) is 5.23. The fourth-order valence-corrected chi connectivity index (χ4v) is 4.33. The lowest BCUT2D eigenvalue weighted by atomic mass is 10.2. The number of hydrogen-bond acceptors (Lipinski definition) is 6. The van der Waals surface area contributed by atoms with Crippen LogP contribution in [0.25, 0.3) is 10.2 Å². The molecule has 0 spiro atoms. The van der Waals surface area contributed by atoms with Gasteiger partial charge >= 0.3 is 0 Å². The van der Waals surface area contributed by atoms with Crippen LogP contribution in [0.3, 0.4) is 0 Å². The van der Waals surface area contributed by atoms with Gasteiger partial charge in [0.05, 0.1) is 35.8 Å². The summed E-state index contributed by atoms with van der Waals surface area (Å²) in [7, 11) is 1.65. The Morgan fingerprint density at radius 3 is 2.63 bits per heavy atom. The first-order valence-corrected chi connectivity index (χ1v) is 12.6. The molecule has 1 heterocycles. The minimum absolute atomic E-state index is 0.592. The van der Waals surface area contributed by atoms with Gasteiger partial charge in [0.1, 0.15) is 0 Å². The minimum Gasteiger partial charge on any atom is -0.493 e. The van der Waals surface area contributed by atoms with Gasteiger partial charge in [0.2, 0.25) is 0 Å². The van der Waals surface area contributed by atoms with Gasteiger partial charge in [0.15, 0.2) is 22.3 Å². The van der Waals surface area contributed by atoms with Gasteiger partial charge in [0.25, 0.3) is 0 Å². The molecule has 0 fully saturated rings. The zero-order chi connectivity index (χ0) is 24.5. The van der Waals surface area contributed by atoms with Crippen LogP contribution >= 0.6 is 11.3 Å². The van der Waals surface area contributed by atoms with Crippen LogP contribution in [0, 0.1) is 6.92 Å². The van der Waals surface area contributed by atoms with Gasteiger partial charge in [-0.2, -0.15) is 5.10 Å². The molecule has 35 heavy (non-hydrogen) atoms. The maximum Gasteiger partial charge on any atom is 0.183 e. The Labute approximate surface area is 210 Å². The standard InChI is InChI=1S/C28H30N4O2S/c1-4-5-8-17-34-24-16-13-21(18-25(24)33-3)19-29-32-27(30-22-14-11-20(2)12-15-22)28-31-23-9-6-7-10-26(23)35-28/h6-7,9-16,18-19H,4-5,8,17H2,1-3H3,(H,30,32)/b29-19+. The maximum atomic E-state index is 5.88. The summed E-state index contributed by atoms with van der Waals surface area (Å²) in [6, 6.07) is 21.9. The van der Waals surface area contributed by atoms with Crippen molar-refractivity contribution < 1.29 is 9.47 Å². The van der Waals surface area contributed by atoms with Gasteiger partial charge < -0.3 is 9.47 Å². The summed E-state index contributed by atoms with van der Waals surface area (Å²) in [5.74, 6) is 2.02. The summed E-state index contributed by atoms with van der Waals surface area (Å²) in [6.45, 7) is 4.91. The zero-order valence-corrected chi connectivity index (χ0v) is 21.1. The number of hydrogen-bond donors (Lipinski definition) is 1. The summed E-state index contributed by atoms with van der Waals surface area (Å²) in [5.41, 5.74) is 6.94. The zero-order valence-electron chi connectivity index (χ0n) is 20.3. The van der Waals surface area contributed by atoms with Gasteiger partial charge in [-0.05, 0) is 61.4 Å². The first-order chi connectivity index (χ1) is 17.2. The number of amidine groups is 1. The van der Waals surface area contributed by atoms with Gasteiger partial charge in [0, 0.05) is 0 Å². The first kappa shape index (κ1) is 24.4. The molecular formula is C28H30N4O2S. The van der Waals surface area contributed by atoms with Crippen molar-refractivity contribution in [3.05, 3.63) is 82.9 Å². The number of fused-ring (bicyclic) bond motifs is 1. The fraction of sp³-hybridized carbons (Fsp3) is 0.250. The third-order valence-corrected chi connectivity index (χ3v) is 6.39. The van der Waals surface area contributed by atoms with Crippen LogP contribution in [0.15, 0.2) is 76.8 Å². The number of para-hydroxylation sites is 1. The molecule has 4 rings (SSSR count). The third kappa shape index (κ3) is 6.67. The van der Waals surface area contributed by atoms with Crippen molar-refractivity contribution in [2.45, 2.75) is 33.1 Å². The van der Waals surface area contributed by atoms with Crippen molar-refractivity contribution in [1.82, 2.24) is 10.4 Å². The van der Waals surface area contributed by atoms with E-state index in [4.69, 9.17) is 19.5 Å². The van der Waals surface area contributed by atoms with E-state index in [9.17, 15) is 0 Å². The quantitative estimate of drug-likeness (QED) is 0.115. The topological polar surface area (TPSA) is 68.1 Å². The Kier molecular flexibility index (Phi) is 8.46. The number of rotatable bonds is 10. The number of unbranched alkanes of at least 4 members (excludes halogenated alkanes) is 2. The smallest absolute Gasteiger partial charge is 0.183 e. The number of hydrazone groups is 1. The van der Waals surface area contributed by atoms with Crippen molar-refractivity contribution >= 4 is 39.3 Å². The lowest BCUT2D eigenvalue weighted by Gasteiger charge is -2.11. The Morgan fingerprint density at radius 2 is 1.86 bits per heavy atom. The second-order valence-electron chi connectivity index (χ2n) is 8.12. The lowest BCUT2D eigenvalue weighted by Crippen LogP contribution is -2.18. The Hall–Kier alpha value is -3.71. The SMILES string of the molecule is CCCCCOc1ccc(/C=N/NC(=Nc2ccc(C)cc2)c2nc3ccccc3s2)cc1OC. The van der Waals surface area contributed by atoms with E-state index >= 15 is 0 Å². The highest BCUT2D eigenvalue weighted by molar-refractivity contribution is 7.20. The first-order valence-electron chi connectivity index (χ1n) is 11.8. The van der Waals surface area contributed by atoms with Crippen molar-refractivity contribution in [3.8, 4) is 11.5 Å². The average molecular weight is 487 g/mol. The Balaban J connectivity index is 1.54. The molecule has 0 aliphatic heterocycles. The lowest BCUT2D eigenvalue weighted by molar-refractivity contribution is 0.286. The number of aliphatic imine (C=N–C) groups is 1. The van der Waals surface area contributed by atoms with Crippen LogP contribution in [0.4, 0.5) is 5.69 Å². The van der Waals surface area contributed by atoms with E-state index in [1.807, 2.05) is 60.7 Å². The highest BCUT2D eigenvalue weighted by atomic mass is 32.1. The molecule has 0 aliphatic carbocycles. The normalized spacial score (nSPS) is 11.8. The highest BCUT2D eigenvalue weighted by Gasteiger charge is 2.11. The van der Waals surface area contributed by atoms with Crippen LogP contribution in [-0.2, 0) is 0 Å². The van der Waals surface area contributed by atoms with Crippen LogP contribution in [-0.4, -0.2) is 30.8 Å². The van der Waals surface area contributed by atoms with E-state index in [1.54, 1.807) is 24.7 Å². The number of aromatic nitrogens is 1. The molecule has 6 nitrogen and oxygen atoms in total. The fourth-order valence-electron chi connectivity index (χ4n) is 3.43. The van der Waals surface area contributed by atoms with Gasteiger partial charge in [-0.3, -0.25) is 5.43 Å². The molecule has 0 saturated carbocycles. The largest absolute Gasteiger partial charge is 0.493 e. The molecule has 0 bridgehead atoms. The highest BCUT2D eigenvalue weighted by Crippen LogP contribution is 2.28. The van der Waals surface area contributed by atoms with Crippen LogP contribution in [0.5, 0.6) is 11.5 Å². The summed E-state index contributed by atoms with van der Waals surface area (Å²) in [4.78, 5) is 9.54. The molecule has 0 atom stereocenters. The number of nitrogens with one attached hydrogen (secondary N) is 1. The van der Waals surface area contributed by atoms with E-state index in [2.05, 4.69) is 30.4 Å². The van der Waals surface area contributed by atoms with Gasteiger partial charge in [-0.25, -0.2) is 9.98 Å². The third-order valence-electron chi connectivity index (χ3n) is 5.35. The summed E-state index contributed by atoms with van der Waals surface area (Å²) >= 11 is 1.58. The summed E-state index contributed by atoms with van der Waals surface area (Å²) in [6.07, 6.45) is 5.08. The number of ether oxygens (including phenoxy) is 2. The second kappa shape index (κ2) is 12.1. The molecule has 0 unspecified atom stereocenters. The molecule has 0 amide bonds. The predicted molar refractivity (Wildman–Crippen MR) is 146 cm³/mol. The second-order valence-corrected chi connectivity index (χ2v) is 9.15. The number of thiazole rings is 1. The van der Waals surface area contributed by atoms with Crippen molar-refractivity contribution in [3.63, 3.8) is 0 Å². The molecule has 1 aromatic heterocycles. The van der Waals surface area contributed by atoms with E-state index in [0.717, 1.165) is 51.5 Å². The van der Waals surface area contributed by atoms with E-state index in [0.29, 0.717) is 18.2 Å². The minimum atomic E-state index is 0.592. The molecular weight excluding hydrogens is 456 g/mol. The van der Waals surface area contributed by atoms with Crippen LogP contribution < -0.4 is 14.9 Å². The van der Waals surface area contributed by atoms with E-state index < -0.39 is 0 Å². The number of aryl methyl sites for hydroxylation is 1. The Morgan fingerprint density at radius 1 is 1.03 bits per heavy atom. The van der Waals surface area contributed by atoms with Crippen LogP contribution in [0.1, 0.15) is 42.3 Å². The number of methoxy groups -OCH3 is 1. The monoisotopic (exact) mass is 486 g/mol. The molecule has 7 heteroatoms. The molecule has 0 saturated heterocycles. The van der Waals surface area contributed by atoms with Crippen molar-refractivity contribution in [1.29, 1.82) is 0 Å².